The van der Waals surface area contributed by atoms with Gasteiger partial charge in [-0.2, -0.15) is 0 Å². The van der Waals surface area contributed by atoms with Gasteiger partial charge in [-0.25, -0.2) is 0 Å². The Morgan fingerprint density at radius 3 is 2.33 bits per heavy atom. The fourth-order valence-electron chi connectivity index (χ4n) is 0.942. The van der Waals surface area contributed by atoms with Gasteiger partial charge >= 0.3 is 0 Å². The number of alkyl halides is 2. The van der Waals surface area contributed by atoms with Gasteiger partial charge in [-0.1, -0.05) is 12.1 Å². The van der Waals surface area contributed by atoms with Gasteiger partial charge in [0.15, 0.2) is 0 Å². The third kappa shape index (κ3) is 2.92. The lowest BCUT2D eigenvalue weighted by molar-refractivity contribution is 0.475. The summed E-state index contributed by atoms with van der Waals surface area (Å²) in [6.07, 6.45) is 0.741. The van der Waals surface area contributed by atoms with Crippen molar-refractivity contribution in [3.63, 3.8) is 0 Å². The molecule has 1 nitrogen and oxygen atoms in total. The van der Waals surface area contributed by atoms with Gasteiger partial charge < -0.3 is 5.11 Å². The largest absolute Gasteiger partial charge is 0.508 e. The second kappa shape index (κ2) is 4.58. The monoisotopic (exact) mass is 204 g/mol. The molecule has 12 heavy (non-hydrogen) atoms. The third-order valence-electron chi connectivity index (χ3n) is 1.56. The molecule has 1 rings (SSSR count). The Kier molecular flexibility index (Phi) is 3.70. The van der Waals surface area contributed by atoms with Crippen LogP contribution in [0.1, 0.15) is 5.56 Å². The van der Waals surface area contributed by atoms with E-state index < -0.39 is 0 Å². The molecule has 1 N–H and O–H groups in total. The van der Waals surface area contributed by atoms with E-state index in [4.69, 9.17) is 28.3 Å². The van der Waals surface area contributed by atoms with Crippen molar-refractivity contribution in [2.24, 2.45) is 0 Å². The van der Waals surface area contributed by atoms with E-state index in [-0.39, 0.29) is 11.1 Å². The van der Waals surface area contributed by atoms with Gasteiger partial charge in [-0.15, -0.1) is 23.2 Å². The average Bonchev–Trinajstić information content (AvgIpc) is 2.09. The molecule has 1 aromatic carbocycles. The second-order valence-corrected chi connectivity index (χ2v) is 3.55. The van der Waals surface area contributed by atoms with Gasteiger partial charge in [-0.3, -0.25) is 0 Å². The Morgan fingerprint density at radius 2 is 1.83 bits per heavy atom. The van der Waals surface area contributed by atoms with Crippen molar-refractivity contribution in [2.75, 3.05) is 5.88 Å². The number of benzene rings is 1. The summed E-state index contributed by atoms with van der Waals surface area (Å²) in [4.78, 5) is 0. The quantitative estimate of drug-likeness (QED) is 0.752. The van der Waals surface area contributed by atoms with Crippen molar-refractivity contribution in [3.05, 3.63) is 29.8 Å². The molecule has 0 spiro atoms. The molecule has 0 aliphatic heterocycles. The maximum absolute atomic E-state index is 8.99. The highest BCUT2D eigenvalue weighted by Crippen LogP contribution is 2.13. The van der Waals surface area contributed by atoms with Crippen LogP contribution in [0.3, 0.4) is 0 Å². The van der Waals surface area contributed by atoms with Crippen molar-refractivity contribution >= 4 is 23.2 Å². The molecule has 0 radical (unpaired) electrons. The molecule has 1 atom stereocenters. The van der Waals surface area contributed by atoms with E-state index in [0.717, 1.165) is 12.0 Å². The molecule has 0 aromatic heterocycles. The van der Waals surface area contributed by atoms with Gasteiger partial charge in [0.25, 0.3) is 0 Å². The Balaban J connectivity index is 2.58. The van der Waals surface area contributed by atoms with E-state index in [1.165, 1.54) is 0 Å². The zero-order valence-electron chi connectivity index (χ0n) is 6.50. The molecular weight excluding hydrogens is 195 g/mol. The van der Waals surface area contributed by atoms with Crippen molar-refractivity contribution in [1.82, 2.24) is 0 Å². The summed E-state index contributed by atoms with van der Waals surface area (Å²) in [6.45, 7) is 0. The van der Waals surface area contributed by atoms with Crippen LogP contribution in [0.25, 0.3) is 0 Å². The normalized spacial score (nSPS) is 12.8. The number of hydrogen-bond donors (Lipinski definition) is 1. The Labute approximate surface area is 81.9 Å². The summed E-state index contributed by atoms with van der Waals surface area (Å²) in [5, 5.41) is 8.96. The van der Waals surface area contributed by atoms with E-state index in [1.807, 2.05) is 12.1 Å². The molecule has 0 saturated carbocycles. The van der Waals surface area contributed by atoms with E-state index in [9.17, 15) is 0 Å². The lowest BCUT2D eigenvalue weighted by Gasteiger charge is -2.04. The van der Waals surface area contributed by atoms with Crippen LogP contribution < -0.4 is 0 Å². The van der Waals surface area contributed by atoms with Crippen molar-refractivity contribution in [2.45, 2.75) is 11.8 Å². The number of hydrogen-bond acceptors (Lipinski definition) is 1. The molecule has 0 amide bonds. The first kappa shape index (κ1) is 9.69. The van der Waals surface area contributed by atoms with Gasteiger partial charge in [-0.05, 0) is 24.1 Å². The van der Waals surface area contributed by atoms with Crippen LogP contribution in [-0.4, -0.2) is 16.4 Å². The Morgan fingerprint density at radius 1 is 1.25 bits per heavy atom. The van der Waals surface area contributed by atoms with E-state index in [1.54, 1.807) is 12.1 Å². The first-order valence-corrected chi connectivity index (χ1v) is 4.67. The predicted octanol–water partition coefficient (Wildman–Crippen LogP) is 2.78. The molecule has 0 fully saturated rings. The third-order valence-corrected chi connectivity index (χ3v) is 2.40. The molecule has 1 unspecified atom stereocenters. The van der Waals surface area contributed by atoms with Crippen LogP contribution in [-0.2, 0) is 6.42 Å². The van der Waals surface area contributed by atoms with E-state index in [0.29, 0.717) is 5.88 Å². The highest BCUT2D eigenvalue weighted by molar-refractivity contribution is 6.28. The minimum atomic E-state index is -0.0313. The minimum absolute atomic E-state index is 0.0313. The summed E-state index contributed by atoms with van der Waals surface area (Å²) in [5.41, 5.74) is 1.09. The fraction of sp³-hybridized carbons (Fsp3) is 0.333. The summed E-state index contributed by atoms with van der Waals surface area (Å²) >= 11 is 11.4. The maximum atomic E-state index is 8.99. The zero-order valence-corrected chi connectivity index (χ0v) is 8.02. The molecule has 0 heterocycles. The second-order valence-electron chi connectivity index (χ2n) is 2.62. The summed E-state index contributed by atoms with van der Waals surface area (Å²) in [7, 11) is 0. The van der Waals surface area contributed by atoms with Crippen molar-refractivity contribution in [1.29, 1.82) is 0 Å². The smallest absolute Gasteiger partial charge is 0.115 e. The average molecular weight is 205 g/mol. The van der Waals surface area contributed by atoms with Gasteiger partial charge in [0.05, 0.1) is 5.38 Å². The first-order chi connectivity index (χ1) is 5.72. The van der Waals surface area contributed by atoms with Crippen LogP contribution in [0.5, 0.6) is 5.75 Å². The lowest BCUT2D eigenvalue weighted by atomic mass is 10.1. The van der Waals surface area contributed by atoms with Crippen LogP contribution in [0.15, 0.2) is 24.3 Å². The molecule has 66 valence electrons. The van der Waals surface area contributed by atoms with Crippen LogP contribution in [0.4, 0.5) is 0 Å². The maximum Gasteiger partial charge on any atom is 0.115 e. The summed E-state index contributed by atoms with van der Waals surface area (Å²) in [5.74, 6) is 0.721. The SMILES string of the molecule is Oc1ccc(CC(Cl)CCl)cc1. The van der Waals surface area contributed by atoms with Crippen LogP contribution in [0.2, 0.25) is 0 Å². The van der Waals surface area contributed by atoms with Gasteiger partial charge in [0, 0.05) is 5.88 Å². The molecular formula is C9H10Cl2O. The minimum Gasteiger partial charge on any atom is -0.508 e. The standard InChI is InChI=1S/C9H10Cl2O/c10-6-8(11)5-7-1-3-9(12)4-2-7/h1-4,8,12H,5-6H2. The highest BCUT2D eigenvalue weighted by atomic mass is 35.5. The predicted molar refractivity (Wildman–Crippen MR) is 52.2 cm³/mol. The van der Waals surface area contributed by atoms with Crippen molar-refractivity contribution in [3.8, 4) is 5.75 Å². The molecule has 0 bridgehead atoms. The summed E-state index contributed by atoms with van der Waals surface area (Å²) in [6, 6.07) is 6.98. The molecule has 0 aliphatic rings. The number of halogens is 2. The molecule has 0 saturated heterocycles. The van der Waals surface area contributed by atoms with Crippen molar-refractivity contribution < 1.29 is 5.11 Å². The number of aromatic hydroxyl groups is 1. The van der Waals surface area contributed by atoms with E-state index >= 15 is 0 Å². The molecule has 3 heteroatoms. The Hall–Kier alpha value is -0.400. The van der Waals surface area contributed by atoms with Crippen LogP contribution in [0, 0.1) is 0 Å². The number of phenolic OH excluding ortho intramolecular Hbond substituents is 1. The first-order valence-electron chi connectivity index (χ1n) is 3.70. The highest BCUT2D eigenvalue weighted by Gasteiger charge is 2.03. The zero-order chi connectivity index (χ0) is 8.97. The lowest BCUT2D eigenvalue weighted by Crippen LogP contribution is -2.04. The molecule has 1 aromatic rings. The molecule has 0 aliphatic carbocycles. The Bertz CT molecular complexity index is 233. The topological polar surface area (TPSA) is 20.2 Å². The van der Waals surface area contributed by atoms with Gasteiger partial charge in [0.1, 0.15) is 5.75 Å². The van der Waals surface area contributed by atoms with Gasteiger partial charge in [0.2, 0.25) is 0 Å². The number of rotatable bonds is 3. The van der Waals surface area contributed by atoms with E-state index in [2.05, 4.69) is 0 Å². The number of phenols is 1. The van der Waals surface area contributed by atoms with Crippen LogP contribution >= 0.6 is 23.2 Å². The fourth-order valence-corrected chi connectivity index (χ4v) is 1.23. The summed E-state index contributed by atoms with van der Waals surface area (Å²) < 4.78 is 0.